The molecule has 0 unspecified atom stereocenters. The highest BCUT2D eigenvalue weighted by atomic mass is 32.2. The molecule has 0 aromatic heterocycles. The van der Waals surface area contributed by atoms with Gasteiger partial charge in [0.2, 0.25) is 0 Å². The van der Waals surface area contributed by atoms with Crippen LogP contribution in [-0.2, 0) is 9.52 Å². The fraction of sp³-hybridized carbons (Fsp3) is 0.977. The molecule has 0 saturated carbocycles. The average molecular weight is 778 g/mol. The van der Waals surface area contributed by atoms with E-state index in [0.717, 1.165) is 24.6 Å². The van der Waals surface area contributed by atoms with Gasteiger partial charge in [-0.2, -0.15) is 0 Å². The summed E-state index contributed by atoms with van der Waals surface area (Å²) in [6, 6.07) is 0. The van der Waals surface area contributed by atoms with E-state index in [1.54, 1.807) is 0 Å². The van der Waals surface area contributed by atoms with Crippen LogP contribution in [0.4, 0.5) is 0 Å². The van der Waals surface area contributed by atoms with Gasteiger partial charge in [0, 0.05) is 24.6 Å². The van der Waals surface area contributed by atoms with Crippen LogP contribution in [0.5, 0.6) is 0 Å². The molecule has 326 valence electrons. The van der Waals surface area contributed by atoms with Gasteiger partial charge in [0.15, 0.2) is 0 Å². The first-order valence-electron chi connectivity index (χ1n) is 20.6. The molecule has 7 fully saturated rings. The second kappa shape index (κ2) is 38.6. The zero-order valence-electron chi connectivity index (χ0n) is 34.3. The lowest BCUT2D eigenvalue weighted by atomic mass is 10.1. The van der Waals surface area contributed by atoms with E-state index < -0.39 is 9.52 Å². The highest BCUT2D eigenvalue weighted by molar-refractivity contribution is 8.00. The topological polar surface area (TPSA) is 39.8 Å². The lowest BCUT2D eigenvalue weighted by molar-refractivity contribution is 0.229. The molecule has 7 rings (SSSR count). The number of likely N-dealkylation sites (tertiary alicyclic amines) is 6. The van der Waals surface area contributed by atoms with E-state index >= 15 is 0 Å². The molecule has 7 saturated heterocycles. The van der Waals surface area contributed by atoms with Crippen molar-refractivity contribution in [1.82, 2.24) is 34.3 Å². The Morgan fingerprint density at radius 3 is 0.585 bits per heavy atom. The van der Waals surface area contributed by atoms with Gasteiger partial charge in [-0.25, -0.2) is 0 Å². The zero-order valence-corrected chi connectivity index (χ0v) is 35.1. The molecular formula is C44H103N7OS. The van der Waals surface area contributed by atoms with E-state index in [1.807, 2.05) is 0 Å². The van der Waals surface area contributed by atoms with Crippen LogP contribution in [0.3, 0.4) is 0 Å². The van der Waals surface area contributed by atoms with Crippen molar-refractivity contribution in [2.75, 3.05) is 152 Å². The maximum Gasteiger partial charge on any atom is 0.0287 e. The maximum atomic E-state index is 11.2. The van der Waals surface area contributed by atoms with Crippen LogP contribution >= 0.6 is 0 Å². The maximum absolute atomic E-state index is 11.2. The summed E-state index contributed by atoms with van der Waals surface area (Å²) >= 11 is 0. The van der Waals surface area contributed by atoms with Gasteiger partial charge in [0.25, 0.3) is 0 Å². The lowest BCUT2D eigenvalue weighted by Crippen LogP contribution is -2.37. The molecular weight excluding hydrogens is 675 g/mol. The van der Waals surface area contributed by atoms with Crippen molar-refractivity contribution in [3.8, 4) is 0 Å². The van der Waals surface area contributed by atoms with Gasteiger partial charge in [-0.15, -0.1) is 0 Å². The second-order valence-electron chi connectivity index (χ2n) is 16.2. The Balaban J connectivity index is -0.000000262. The van der Waals surface area contributed by atoms with Crippen molar-refractivity contribution in [1.29, 1.82) is 0 Å². The minimum atomic E-state index is -1.66. The van der Waals surface area contributed by atoms with Crippen LogP contribution in [0.1, 0.15) is 132 Å². The Kier molecular flexibility index (Phi) is 43.3. The molecule has 53 heavy (non-hydrogen) atoms. The first-order chi connectivity index (χ1) is 23.5. The van der Waals surface area contributed by atoms with Gasteiger partial charge in [-0.1, -0.05) is 61.8 Å². The zero-order chi connectivity index (χ0) is 36.2. The molecule has 0 aromatic rings. The van der Waals surface area contributed by atoms with E-state index in [9.17, 15) is 4.21 Å². The standard InChI is InChI=1S/C7H15N.C6H13NOS.3C6H13N.C5H11N.C4H9N.4CH4/c1-8-6-4-2-3-5-7-8;1-7-3-5-9(2,8)6-4-7;3*1-7-5-3-2-4-6-7;1-6-4-2-3-5-6;1-5-3-2-4-5;;;;/h2-7H2,1H3;2-6H2,1H3;3*2-6H2,1H3;2-5H2,1H3;2-4H2,1H3;4*1H4. The van der Waals surface area contributed by atoms with Crippen LogP contribution < -0.4 is 0 Å². The van der Waals surface area contributed by atoms with E-state index in [0.29, 0.717) is 0 Å². The van der Waals surface area contributed by atoms with Gasteiger partial charge in [-0.05, 0) is 214 Å². The first kappa shape index (κ1) is 59.4. The third kappa shape index (κ3) is 38.4. The average Bonchev–Trinajstić information content (AvgIpc) is 3.44. The molecule has 9 heteroatoms. The molecule has 0 bridgehead atoms. The lowest BCUT2D eigenvalue weighted by Gasteiger charge is -2.24. The van der Waals surface area contributed by atoms with Crippen molar-refractivity contribution in [3.05, 3.63) is 0 Å². The van der Waals surface area contributed by atoms with E-state index in [4.69, 9.17) is 0 Å². The fourth-order valence-electron chi connectivity index (χ4n) is 6.59. The Bertz CT molecular complexity index is 758. The molecule has 7 heterocycles. The number of hydrogen-bond donors (Lipinski definition) is 0. The summed E-state index contributed by atoms with van der Waals surface area (Å²) in [6.45, 7) is 17.7. The molecule has 7 aliphatic rings. The van der Waals surface area contributed by atoms with Crippen molar-refractivity contribution < 1.29 is 4.21 Å². The quantitative estimate of drug-likeness (QED) is 0.229. The van der Waals surface area contributed by atoms with Gasteiger partial charge < -0.3 is 34.3 Å². The smallest absolute Gasteiger partial charge is 0.0287 e. The predicted molar refractivity (Wildman–Crippen MR) is 248 cm³/mol. The van der Waals surface area contributed by atoms with Crippen molar-refractivity contribution >= 4 is 15.4 Å². The Hall–Kier alpha value is -0.260. The summed E-state index contributed by atoms with van der Waals surface area (Å²) in [4.78, 5) is 16.5. The van der Waals surface area contributed by atoms with Crippen LogP contribution in [0, 0.1) is 0 Å². The summed E-state index contributed by atoms with van der Waals surface area (Å²) in [7, 11) is 13.5. The Morgan fingerprint density at radius 2 is 0.434 bits per heavy atom. The molecule has 0 spiro atoms. The normalized spacial score (nSPS) is 23.9. The highest BCUT2D eigenvalue weighted by Crippen LogP contribution is 2.08. The molecule has 0 N–H and O–H groups in total. The van der Waals surface area contributed by atoms with Gasteiger partial charge >= 0.3 is 0 Å². The number of rotatable bonds is 0. The van der Waals surface area contributed by atoms with Crippen molar-refractivity contribution in [3.63, 3.8) is 0 Å². The Labute approximate surface area is 337 Å². The van der Waals surface area contributed by atoms with Crippen LogP contribution in [0.25, 0.3) is 0 Å². The van der Waals surface area contributed by atoms with Crippen LogP contribution in [-0.4, -0.2) is 197 Å². The molecule has 0 atom stereocenters. The van der Waals surface area contributed by atoms with Gasteiger partial charge in [0.1, 0.15) is 0 Å². The van der Waals surface area contributed by atoms with Crippen LogP contribution in [0.15, 0.2) is 0 Å². The summed E-state index contributed by atoms with van der Waals surface area (Å²) < 4.78 is 11.2. The van der Waals surface area contributed by atoms with E-state index in [-0.39, 0.29) is 29.7 Å². The minimum absolute atomic E-state index is 0. The van der Waals surface area contributed by atoms with E-state index in [1.165, 1.54) is 181 Å². The molecule has 7 aliphatic heterocycles. The molecule has 0 aliphatic carbocycles. The fourth-order valence-corrected chi connectivity index (χ4v) is 8.09. The summed E-state index contributed by atoms with van der Waals surface area (Å²) in [5, 5.41) is 0. The highest BCUT2D eigenvalue weighted by Gasteiger charge is 2.13. The summed E-state index contributed by atoms with van der Waals surface area (Å²) in [5.41, 5.74) is 0. The number of hydrogen-bond acceptors (Lipinski definition) is 8. The summed E-state index contributed by atoms with van der Waals surface area (Å²) in [5.74, 6) is 5.23. The second-order valence-corrected chi connectivity index (χ2v) is 18.9. The molecule has 0 radical (unpaired) electrons. The number of piperidine rings is 3. The largest absolute Gasteiger partial charge is 0.306 e. The first-order valence-corrected chi connectivity index (χ1v) is 22.7. The third-order valence-corrected chi connectivity index (χ3v) is 12.5. The van der Waals surface area contributed by atoms with Crippen LogP contribution in [0.2, 0.25) is 0 Å². The third-order valence-electron chi connectivity index (χ3n) is 10.7. The molecule has 0 aromatic carbocycles. The van der Waals surface area contributed by atoms with Crippen molar-refractivity contribution in [2.24, 2.45) is 0 Å². The monoisotopic (exact) mass is 778 g/mol. The van der Waals surface area contributed by atoms with Gasteiger partial charge in [0.05, 0.1) is 0 Å². The van der Waals surface area contributed by atoms with E-state index in [2.05, 4.69) is 89.5 Å². The Morgan fingerprint density at radius 1 is 0.283 bits per heavy atom. The minimum Gasteiger partial charge on any atom is -0.306 e. The SMILES string of the molecule is C.C.C.C.C=S1(=O)CCN(C)CC1.CN1CCC1.CN1CCCC1.CN1CCCCC1.CN1CCCCC1.CN1CCCCC1.CN1CCCCCC1. The number of nitrogens with zero attached hydrogens (tertiary/aromatic N) is 7. The van der Waals surface area contributed by atoms with Crippen molar-refractivity contribution in [2.45, 2.75) is 132 Å². The predicted octanol–water partition coefficient (Wildman–Crippen LogP) is 8.03. The summed E-state index contributed by atoms with van der Waals surface area (Å²) in [6.07, 6.45) is 22.8. The van der Waals surface area contributed by atoms with Gasteiger partial charge in [-0.3, -0.25) is 4.21 Å². The molecule has 8 nitrogen and oxygen atoms in total. The molecule has 0 amide bonds.